The van der Waals surface area contributed by atoms with Crippen LogP contribution >= 0.6 is 0 Å². The first kappa shape index (κ1) is 16.2. The zero-order valence-corrected chi connectivity index (χ0v) is 14.0. The maximum atomic E-state index is 13.8. The summed E-state index contributed by atoms with van der Waals surface area (Å²) in [5.41, 5.74) is 3.51. The summed E-state index contributed by atoms with van der Waals surface area (Å²) in [6, 6.07) is 16.3. The Balaban J connectivity index is 2.16. The second-order valence-corrected chi connectivity index (χ2v) is 6.07. The monoisotopic (exact) mass is 322 g/mol. The van der Waals surface area contributed by atoms with Crippen molar-refractivity contribution in [2.24, 2.45) is 0 Å². The molecule has 3 rings (SSSR count). The summed E-state index contributed by atoms with van der Waals surface area (Å²) in [5, 5.41) is 0. The first-order valence-corrected chi connectivity index (χ1v) is 7.89. The third-order valence-corrected chi connectivity index (χ3v) is 4.19. The molecule has 0 spiro atoms. The number of hydrogen-bond donors (Lipinski definition) is 0. The van der Waals surface area contributed by atoms with Crippen molar-refractivity contribution < 1.29 is 13.6 Å². The minimum Gasteiger partial charge on any atom is -0.465 e. The molecule has 0 aliphatic heterocycles. The van der Waals surface area contributed by atoms with E-state index in [1.165, 1.54) is 19.1 Å². The molecule has 0 aliphatic carbocycles. The number of Topliss-reactive ketones (excluding diaryl/α,β-unsaturated/α-hetero) is 1. The summed E-state index contributed by atoms with van der Waals surface area (Å²) < 4.78 is 19.6. The molecular weight excluding hydrogens is 303 g/mol. The van der Waals surface area contributed by atoms with Crippen LogP contribution < -0.4 is 0 Å². The van der Waals surface area contributed by atoms with Crippen LogP contribution in [0.25, 0.3) is 0 Å². The normalized spacial score (nSPS) is 12.2. The molecule has 0 aliphatic rings. The number of hydrogen-bond acceptors (Lipinski definition) is 2. The van der Waals surface area contributed by atoms with Gasteiger partial charge in [0.1, 0.15) is 17.3 Å². The predicted molar refractivity (Wildman–Crippen MR) is 92.0 cm³/mol. The Morgan fingerprint density at radius 3 is 2.29 bits per heavy atom. The number of rotatable bonds is 4. The zero-order valence-electron chi connectivity index (χ0n) is 14.0. The van der Waals surface area contributed by atoms with Crippen LogP contribution in [0.2, 0.25) is 0 Å². The van der Waals surface area contributed by atoms with Gasteiger partial charge in [-0.2, -0.15) is 0 Å². The molecule has 2 nitrogen and oxygen atoms in total. The summed E-state index contributed by atoms with van der Waals surface area (Å²) in [7, 11) is 0. The van der Waals surface area contributed by atoms with Crippen molar-refractivity contribution in [1.29, 1.82) is 0 Å². The summed E-state index contributed by atoms with van der Waals surface area (Å²) in [5.74, 6) is 0.648. The van der Waals surface area contributed by atoms with Gasteiger partial charge < -0.3 is 4.42 Å². The lowest BCUT2D eigenvalue weighted by molar-refractivity contribution is 0.101. The average Bonchev–Trinajstić information content (AvgIpc) is 2.91. The third kappa shape index (κ3) is 3.16. The first-order chi connectivity index (χ1) is 11.5. The number of carbonyl (C=O) groups excluding carboxylic acids is 1. The maximum absolute atomic E-state index is 13.8. The zero-order chi connectivity index (χ0) is 17.3. The molecule has 2 aromatic carbocycles. The van der Waals surface area contributed by atoms with Crippen molar-refractivity contribution in [1.82, 2.24) is 0 Å². The molecule has 1 heterocycles. The molecule has 0 fully saturated rings. The van der Waals surface area contributed by atoms with Crippen molar-refractivity contribution in [3.8, 4) is 0 Å². The molecule has 0 saturated carbocycles. The van der Waals surface area contributed by atoms with E-state index in [0.717, 1.165) is 16.7 Å². The molecule has 0 amide bonds. The second kappa shape index (κ2) is 6.44. The minimum atomic E-state index is -0.292. The van der Waals surface area contributed by atoms with E-state index >= 15 is 0 Å². The van der Waals surface area contributed by atoms with E-state index in [1.54, 1.807) is 19.1 Å². The van der Waals surface area contributed by atoms with Crippen LogP contribution in [-0.4, -0.2) is 5.78 Å². The Hall–Kier alpha value is -2.68. The van der Waals surface area contributed by atoms with E-state index < -0.39 is 0 Å². The van der Waals surface area contributed by atoms with Gasteiger partial charge in [0.2, 0.25) is 0 Å². The highest BCUT2D eigenvalue weighted by Gasteiger charge is 2.23. The van der Waals surface area contributed by atoms with Gasteiger partial charge in [-0.1, -0.05) is 42.0 Å². The molecule has 0 saturated heterocycles. The van der Waals surface area contributed by atoms with Crippen LogP contribution in [0.3, 0.4) is 0 Å². The van der Waals surface area contributed by atoms with Gasteiger partial charge in [0, 0.05) is 0 Å². The largest absolute Gasteiger partial charge is 0.465 e. The third-order valence-electron chi connectivity index (χ3n) is 4.19. The Morgan fingerprint density at radius 2 is 1.71 bits per heavy atom. The number of carbonyl (C=O) groups is 1. The Bertz CT molecular complexity index is 875. The molecule has 1 aromatic heterocycles. The Labute approximate surface area is 140 Å². The van der Waals surface area contributed by atoms with Gasteiger partial charge in [0.05, 0.1) is 11.5 Å². The molecular formula is C21H19FO2. The lowest BCUT2D eigenvalue weighted by atomic mass is 9.88. The van der Waals surface area contributed by atoms with E-state index in [1.807, 2.05) is 37.3 Å². The first-order valence-electron chi connectivity index (χ1n) is 7.89. The van der Waals surface area contributed by atoms with Crippen LogP contribution in [0.1, 0.15) is 51.4 Å². The second-order valence-electron chi connectivity index (χ2n) is 6.07. The van der Waals surface area contributed by atoms with Gasteiger partial charge in [-0.3, -0.25) is 4.79 Å². The molecule has 24 heavy (non-hydrogen) atoms. The van der Waals surface area contributed by atoms with Crippen molar-refractivity contribution in [2.45, 2.75) is 26.7 Å². The topological polar surface area (TPSA) is 30.2 Å². The molecule has 3 aromatic rings. The van der Waals surface area contributed by atoms with Gasteiger partial charge in [0.25, 0.3) is 0 Å². The van der Waals surface area contributed by atoms with E-state index in [4.69, 9.17) is 4.42 Å². The van der Waals surface area contributed by atoms with Gasteiger partial charge in [0.15, 0.2) is 5.78 Å². The summed E-state index contributed by atoms with van der Waals surface area (Å²) in [6.07, 6.45) is 0. The number of benzene rings is 2. The Kier molecular flexibility index (Phi) is 4.34. The van der Waals surface area contributed by atoms with Gasteiger partial charge in [-0.25, -0.2) is 4.39 Å². The molecule has 1 atom stereocenters. The number of furan rings is 1. The van der Waals surface area contributed by atoms with Crippen LogP contribution in [0.4, 0.5) is 4.39 Å². The average molecular weight is 322 g/mol. The van der Waals surface area contributed by atoms with Crippen LogP contribution in [0.5, 0.6) is 0 Å². The smallest absolute Gasteiger partial charge is 0.163 e. The number of halogens is 1. The standard InChI is InChI=1S/C21H19FO2/c1-13-7-9-16(10-8-13)21(17-5-4-6-18(22)11-17)20-12-19(14(2)23)15(3)24-20/h4-12,21H,1-3H3. The predicted octanol–water partition coefficient (Wildman–Crippen LogP) is 5.42. The van der Waals surface area contributed by atoms with Crippen molar-refractivity contribution >= 4 is 5.78 Å². The highest BCUT2D eigenvalue weighted by molar-refractivity contribution is 5.95. The fourth-order valence-corrected chi connectivity index (χ4v) is 2.96. The van der Waals surface area contributed by atoms with Crippen LogP contribution in [0, 0.1) is 19.7 Å². The SMILES string of the molecule is CC(=O)c1cc(C(c2ccc(C)cc2)c2cccc(F)c2)oc1C. The molecule has 3 heteroatoms. The van der Waals surface area contributed by atoms with Crippen LogP contribution in [0.15, 0.2) is 59.0 Å². The fraction of sp³-hybridized carbons (Fsp3) is 0.190. The number of ketones is 1. The van der Waals surface area contributed by atoms with Gasteiger partial charge in [-0.15, -0.1) is 0 Å². The highest BCUT2D eigenvalue weighted by atomic mass is 19.1. The Morgan fingerprint density at radius 1 is 1.00 bits per heavy atom. The highest BCUT2D eigenvalue weighted by Crippen LogP contribution is 2.34. The fourth-order valence-electron chi connectivity index (χ4n) is 2.96. The summed E-state index contributed by atoms with van der Waals surface area (Å²) in [4.78, 5) is 11.8. The molecule has 122 valence electrons. The van der Waals surface area contributed by atoms with E-state index in [-0.39, 0.29) is 17.5 Å². The summed E-state index contributed by atoms with van der Waals surface area (Å²) in [6.45, 7) is 5.31. The van der Waals surface area contributed by atoms with Gasteiger partial charge in [-0.05, 0) is 50.1 Å². The minimum absolute atomic E-state index is 0.0376. The van der Waals surface area contributed by atoms with Crippen molar-refractivity contribution in [3.63, 3.8) is 0 Å². The van der Waals surface area contributed by atoms with E-state index in [2.05, 4.69) is 0 Å². The molecule has 0 N–H and O–H groups in total. The van der Waals surface area contributed by atoms with E-state index in [0.29, 0.717) is 17.1 Å². The van der Waals surface area contributed by atoms with Crippen molar-refractivity contribution in [2.75, 3.05) is 0 Å². The summed E-state index contributed by atoms with van der Waals surface area (Å²) >= 11 is 0. The van der Waals surface area contributed by atoms with E-state index in [9.17, 15) is 9.18 Å². The van der Waals surface area contributed by atoms with Crippen molar-refractivity contribution in [3.05, 3.63) is 94.2 Å². The lowest BCUT2D eigenvalue weighted by Gasteiger charge is -2.16. The van der Waals surface area contributed by atoms with Crippen LogP contribution in [-0.2, 0) is 0 Å². The maximum Gasteiger partial charge on any atom is 0.163 e. The molecule has 1 unspecified atom stereocenters. The quantitative estimate of drug-likeness (QED) is 0.600. The molecule has 0 radical (unpaired) electrons. The number of aryl methyl sites for hydroxylation is 2. The lowest BCUT2D eigenvalue weighted by Crippen LogP contribution is -2.03. The van der Waals surface area contributed by atoms with Gasteiger partial charge >= 0.3 is 0 Å². The molecule has 0 bridgehead atoms.